The molecule has 3 N–H and O–H groups in total. The molecule has 0 spiro atoms. The third-order valence-corrected chi connectivity index (χ3v) is 5.38. The van der Waals surface area contributed by atoms with Crippen molar-refractivity contribution in [3.8, 4) is 5.75 Å². The topological polar surface area (TPSA) is 76.7 Å². The molecule has 0 fully saturated rings. The van der Waals surface area contributed by atoms with Gasteiger partial charge in [0.2, 0.25) is 0 Å². The smallest absolute Gasteiger partial charge is 0.255 e. The standard InChI is InChI=1S/C19H20ClN3O2S/c1-19(8-9-26-18(21)23-19)13-5-3-4-12(10-13)17(24)22-15-11-14(20)6-7-16(15)25-2/h3-7,10-11H,8-9H2,1-2H3,(H2,21,23)(H,22,24). The van der Waals surface area contributed by atoms with Gasteiger partial charge in [0.1, 0.15) is 5.75 Å². The van der Waals surface area contributed by atoms with Crippen LogP contribution in [-0.4, -0.2) is 23.9 Å². The molecule has 26 heavy (non-hydrogen) atoms. The molecule has 1 heterocycles. The molecular formula is C19H20ClN3O2S. The minimum atomic E-state index is -0.417. The molecule has 1 aliphatic rings. The van der Waals surface area contributed by atoms with Crippen LogP contribution in [-0.2, 0) is 5.54 Å². The highest BCUT2D eigenvalue weighted by molar-refractivity contribution is 8.13. The largest absolute Gasteiger partial charge is 0.495 e. The Bertz CT molecular complexity index is 872. The molecule has 1 unspecified atom stereocenters. The number of anilines is 1. The third kappa shape index (κ3) is 3.97. The molecule has 2 aromatic rings. The fraction of sp³-hybridized carbons (Fsp3) is 0.263. The Morgan fingerprint density at radius 3 is 2.88 bits per heavy atom. The minimum Gasteiger partial charge on any atom is -0.495 e. The van der Waals surface area contributed by atoms with E-state index in [1.165, 1.54) is 0 Å². The molecule has 3 rings (SSSR count). The van der Waals surface area contributed by atoms with Gasteiger partial charge in [0.05, 0.1) is 18.3 Å². The van der Waals surface area contributed by atoms with Crippen LogP contribution in [0.1, 0.15) is 29.3 Å². The van der Waals surface area contributed by atoms with E-state index in [1.807, 2.05) is 25.1 Å². The molecule has 136 valence electrons. The van der Waals surface area contributed by atoms with Crippen molar-refractivity contribution in [3.63, 3.8) is 0 Å². The van der Waals surface area contributed by atoms with Crippen molar-refractivity contribution in [2.45, 2.75) is 18.9 Å². The number of thioether (sulfide) groups is 1. The van der Waals surface area contributed by atoms with Crippen LogP contribution in [0.3, 0.4) is 0 Å². The number of halogens is 1. The molecule has 0 radical (unpaired) electrons. The number of nitrogens with one attached hydrogen (secondary N) is 1. The van der Waals surface area contributed by atoms with Crippen molar-refractivity contribution in [1.29, 1.82) is 0 Å². The number of rotatable bonds is 4. The molecule has 0 saturated carbocycles. The van der Waals surface area contributed by atoms with Crippen LogP contribution < -0.4 is 15.8 Å². The van der Waals surface area contributed by atoms with Crippen LogP contribution in [0.25, 0.3) is 0 Å². The van der Waals surface area contributed by atoms with Gasteiger partial charge >= 0.3 is 0 Å². The second-order valence-electron chi connectivity index (χ2n) is 6.20. The number of nitrogens with two attached hydrogens (primary N) is 1. The minimum absolute atomic E-state index is 0.238. The van der Waals surface area contributed by atoms with E-state index in [-0.39, 0.29) is 5.91 Å². The van der Waals surface area contributed by atoms with E-state index < -0.39 is 5.54 Å². The zero-order valence-electron chi connectivity index (χ0n) is 14.6. The van der Waals surface area contributed by atoms with E-state index in [2.05, 4.69) is 10.3 Å². The Labute approximate surface area is 162 Å². The third-order valence-electron chi connectivity index (χ3n) is 4.35. The first-order valence-electron chi connectivity index (χ1n) is 8.15. The molecule has 0 aromatic heterocycles. The van der Waals surface area contributed by atoms with Gasteiger partial charge in [-0.15, -0.1) is 0 Å². The second kappa shape index (κ2) is 7.60. The Morgan fingerprint density at radius 2 is 2.15 bits per heavy atom. The first-order chi connectivity index (χ1) is 12.4. The maximum atomic E-state index is 12.7. The molecule has 7 heteroatoms. The van der Waals surface area contributed by atoms with E-state index in [4.69, 9.17) is 22.1 Å². The summed E-state index contributed by atoms with van der Waals surface area (Å²) in [7, 11) is 1.55. The number of benzene rings is 2. The van der Waals surface area contributed by atoms with Gasteiger partial charge in [-0.05, 0) is 49.2 Å². The average Bonchev–Trinajstić information content (AvgIpc) is 2.62. The Kier molecular flexibility index (Phi) is 5.44. The number of carbonyl (C=O) groups is 1. The van der Waals surface area contributed by atoms with E-state index in [9.17, 15) is 4.79 Å². The van der Waals surface area contributed by atoms with Gasteiger partial charge in [0.25, 0.3) is 5.91 Å². The molecule has 2 aromatic carbocycles. The van der Waals surface area contributed by atoms with Gasteiger partial charge in [0, 0.05) is 16.3 Å². The molecule has 0 bridgehead atoms. The number of amidine groups is 1. The summed E-state index contributed by atoms with van der Waals surface area (Å²) in [6.07, 6.45) is 0.867. The van der Waals surface area contributed by atoms with Gasteiger partial charge in [-0.25, -0.2) is 0 Å². The first-order valence-corrected chi connectivity index (χ1v) is 9.51. The Hall–Kier alpha value is -2.18. The van der Waals surface area contributed by atoms with Crippen molar-refractivity contribution >= 4 is 40.1 Å². The fourth-order valence-corrected chi connectivity index (χ4v) is 4.01. The van der Waals surface area contributed by atoms with Crippen LogP contribution in [0, 0.1) is 0 Å². The molecule has 1 atom stereocenters. The second-order valence-corrected chi connectivity index (χ2v) is 7.75. The van der Waals surface area contributed by atoms with Gasteiger partial charge in [-0.1, -0.05) is 35.5 Å². The summed E-state index contributed by atoms with van der Waals surface area (Å²) in [5, 5.41) is 3.96. The molecule has 0 saturated heterocycles. The Morgan fingerprint density at radius 1 is 1.35 bits per heavy atom. The summed E-state index contributed by atoms with van der Waals surface area (Å²) in [6.45, 7) is 2.04. The van der Waals surface area contributed by atoms with Crippen LogP contribution in [0.4, 0.5) is 5.69 Å². The lowest BCUT2D eigenvalue weighted by molar-refractivity contribution is 0.102. The highest BCUT2D eigenvalue weighted by Gasteiger charge is 2.29. The summed E-state index contributed by atoms with van der Waals surface area (Å²) >= 11 is 7.58. The van der Waals surface area contributed by atoms with Crippen LogP contribution in [0.2, 0.25) is 5.02 Å². The number of hydrogen-bond donors (Lipinski definition) is 2. The number of methoxy groups -OCH3 is 1. The summed E-state index contributed by atoms with van der Waals surface area (Å²) in [5.74, 6) is 1.22. The maximum Gasteiger partial charge on any atom is 0.255 e. The molecule has 5 nitrogen and oxygen atoms in total. The Balaban J connectivity index is 1.88. The van der Waals surface area contributed by atoms with Crippen molar-refractivity contribution in [2.24, 2.45) is 10.7 Å². The van der Waals surface area contributed by atoms with E-state index in [1.54, 1.807) is 43.1 Å². The number of amides is 1. The van der Waals surface area contributed by atoms with Crippen LogP contribution in [0.5, 0.6) is 5.75 Å². The lowest BCUT2D eigenvalue weighted by atomic mass is 9.88. The fourth-order valence-electron chi connectivity index (χ4n) is 2.86. The maximum absolute atomic E-state index is 12.7. The summed E-state index contributed by atoms with van der Waals surface area (Å²) in [4.78, 5) is 17.3. The van der Waals surface area contributed by atoms with Crippen LogP contribution in [0.15, 0.2) is 47.5 Å². The quantitative estimate of drug-likeness (QED) is 0.818. The lowest BCUT2D eigenvalue weighted by Gasteiger charge is -2.30. The molecular weight excluding hydrogens is 370 g/mol. The van der Waals surface area contributed by atoms with Gasteiger partial charge in [-0.3, -0.25) is 9.79 Å². The van der Waals surface area contributed by atoms with Gasteiger partial charge < -0.3 is 15.8 Å². The first kappa shape index (κ1) is 18.6. The van der Waals surface area contributed by atoms with Crippen molar-refractivity contribution in [3.05, 3.63) is 58.6 Å². The number of ether oxygens (including phenoxy) is 1. The highest BCUT2D eigenvalue weighted by atomic mass is 35.5. The zero-order valence-corrected chi connectivity index (χ0v) is 16.2. The lowest BCUT2D eigenvalue weighted by Crippen LogP contribution is -2.29. The monoisotopic (exact) mass is 389 g/mol. The van der Waals surface area contributed by atoms with E-state index in [0.717, 1.165) is 17.7 Å². The summed E-state index contributed by atoms with van der Waals surface area (Å²) in [6, 6.07) is 12.5. The predicted octanol–water partition coefficient (Wildman–Crippen LogP) is 4.27. The number of hydrogen-bond acceptors (Lipinski definition) is 5. The van der Waals surface area contributed by atoms with Crippen molar-refractivity contribution in [1.82, 2.24) is 0 Å². The SMILES string of the molecule is COc1ccc(Cl)cc1NC(=O)c1cccc(C2(C)CCSC(N)=N2)c1. The summed E-state index contributed by atoms with van der Waals surface area (Å²) in [5.41, 5.74) is 7.51. The van der Waals surface area contributed by atoms with Gasteiger partial charge in [-0.2, -0.15) is 0 Å². The predicted molar refractivity (Wildman–Crippen MR) is 108 cm³/mol. The molecule has 0 aliphatic carbocycles. The van der Waals surface area contributed by atoms with E-state index >= 15 is 0 Å². The highest BCUT2D eigenvalue weighted by Crippen LogP contribution is 2.35. The zero-order chi connectivity index (χ0) is 18.7. The van der Waals surface area contributed by atoms with Crippen LogP contribution >= 0.6 is 23.4 Å². The van der Waals surface area contributed by atoms with Crippen molar-refractivity contribution < 1.29 is 9.53 Å². The van der Waals surface area contributed by atoms with Gasteiger partial charge in [0.15, 0.2) is 5.17 Å². The average molecular weight is 390 g/mol. The molecule has 1 aliphatic heterocycles. The van der Waals surface area contributed by atoms with E-state index in [0.29, 0.717) is 27.2 Å². The number of nitrogens with zero attached hydrogens (tertiary/aromatic N) is 1. The van der Waals surface area contributed by atoms with Crippen molar-refractivity contribution in [2.75, 3.05) is 18.2 Å². The number of carbonyl (C=O) groups excluding carboxylic acids is 1. The number of aliphatic imine (C=N–C) groups is 1. The summed E-state index contributed by atoms with van der Waals surface area (Å²) < 4.78 is 5.28. The normalized spacial score (nSPS) is 19.6. The molecule has 1 amide bonds.